The Hall–Kier alpha value is -1.56. The third-order valence-electron chi connectivity index (χ3n) is 2.57. The van der Waals surface area contributed by atoms with E-state index in [1.54, 1.807) is 12.1 Å². The van der Waals surface area contributed by atoms with E-state index in [-0.39, 0.29) is 11.7 Å². The van der Waals surface area contributed by atoms with Gasteiger partial charge in [-0.1, -0.05) is 13.8 Å². The highest BCUT2D eigenvalue weighted by Gasteiger charge is 2.11. The summed E-state index contributed by atoms with van der Waals surface area (Å²) in [6.45, 7) is 4.27. The maximum atomic E-state index is 11.4. The van der Waals surface area contributed by atoms with Gasteiger partial charge < -0.3 is 5.32 Å². The fourth-order valence-electron chi connectivity index (χ4n) is 1.82. The van der Waals surface area contributed by atoms with E-state index >= 15 is 0 Å². The summed E-state index contributed by atoms with van der Waals surface area (Å²) in [6, 6.07) is 3.66. The van der Waals surface area contributed by atoms with Gasteiger partial charge in [-0.3, -0.25) is 0 Å². The number of alkyl halides is 1. The summed E-state index contributed by atoms with van der Waals surface area (Å²) < 4.78 is 1.23. The second-order valence-electron chi connectivity index (χ2n) is 4.64. The maximum absolute atomic E-state index is 11.4. The van der Waals surface area contributed by atoms with Gasteiger partial charge in [0.25, 0.3) is 0 Å². The van der Waals surface area contributed by atoms with Crippen molar-refractivity contribution in [3.63, 3.8) is 0 Å². The summed E-state index contributed by atoms with van der Waals surface area (Å²) in [5.74, 6) is 1.66. The first-order valence-corrected chi connectivity index (χ1v) is 6.40. The Morgan fingerprint density at radius 1 is 1.50 bits per heavy atom. The SMILES string of the molecule is CC(C)CC(CCl)Nc1ccc2n[nH]c(=O)n2n1. The van der Waals surface area contributed by atoms with Gasteiger partial charge in [-0.05, 0) is 24.5 Å². The van der Waals surface area contributed by atoms with Crippen LogP contribution in [0, 0.1) is 5.92 Å². The van der Waals surface area contributed by atoms with Crippen LogP contribution < -0.4 is 11.0 Å². The van der Waals surface area contributed by atoms with Crippen LogP contribution in [0.15, 0.2) is 16.9 Å². The van der Waals surface area contributed by atoms with Gasteiger partial charge in [-0.15, -0.1) is 16.7 Å². The van der Waals surface area contributed by atoms with Crippen molar-refractivity contribution in [3.05, 3.63) is 22.6 Å². The van der Waals surface area contributed by atoms with Crippen LogP contribution in [-0.2, 0) is 0 Å². The molecule has 0 fully saturated rings. The van der Waals surface area contributed by atoms with Gasteiger partial charge in [-0.2, -0.15) is 9.61 Å². The lowest BCUT2D eigenvalue weighted by molar-refractivity contribution is 0.540. The largest absolute Gasteiger partial charge is 0.365 e. The number of fused-ring (bicyclic) bond motifs is 1. The minimum atomic E-state index is -0.347. The number of aromatic nitrogens is 4. The smallest absolute Gasteiger partial charge is 0.364 e. The summed E-state index contributed by atoms with van der Waals surface area (Å²) in [6.07, 6.45) is 0.948. The lowest BCUT2D eigenvalue weighted by Crippen LogP contribution is -2.25. The van der Waals surface area contributed by atoms with Crippen molar-refractivity contribution in [3.8, 4) is 0 Å². The Kier molecular flexibility index (Phi) is 3.86. The van der Waals surface area contributed by atoms with E-state index in [1.807, 2.05) is 0 Å². The summed E-state index contributed by atoms with van der Waals surface area (Å²) in [5, 5.41) is 13.6. The minimum absolute atomic E-state index is 0.138. The first-order chi connectivity index (χ1) is 8.60. The van der Waals surface area contributed by atoms with E-state index in [2.05, 4.69) is 34.5 Å². The van der Waals surface area contributed by atoms with E-state index in [9.17, 15) is 4.79 Å². The van der Waals surface area contributed by atoms with Crippen molar-refractivity contribution < 1.29 is 0 Å². The molecule has 0 radical (unpaired) electrons. The predicted octanol–water partition coefficient (Wildman–Crippen LogP) is 1.48. The quantitative estimate of drug-likeness (QED) is 0.807. The highest BCUT2D eigenvalue weighted by Crippen LogP contribution is 2.12. The van der Waals surface area contributed by atoms with Gasteiger partial charge in [0.05, 0.1) is 0 Å². The molecule has 0 aliphatic carbocycles. The van der Waals surface area contributed by atoms with Crippen molar-refractivity contribution >= 4 is 23.1 Å². The third kappa shape index (κ3) is 2.81. The van der Waals surface area contributed by atoms with Crippen LogP contribution in [0.4, 0.5) is 5.82 Å². The van der Waals surface area contributed by atoms with E-state index in [4.69, 9.17) is 11.6 Å². The Morgan fingerprint density at radius 3 is 2.94 bits per heavy atom. The lowest BCUT2D eigenvalue weighted by atomic mass is 10.1. The van der Waals surface area contributed by atoms with E-state index < -0.39 is 0 Å². The molecule has 1 unspecified atom stereocenters. The average Bonchev–Trinajstić information content (AvgIpc) is 2.70. The number of aromatic amines is 1. The van der Waals surface area contributed by atoms with Crippen molar-refractivity contribution in [1.82, 2.24) is 19.8 Å². The topological polar surface area (TPSA) is 75.1 Å². The molecule has 2 N–H and O–H groups in total. The first-order valence-electron chi connectivity index (χ1n) is 5.87. The number of hydrogen-bond acceptors (Lipinski definition) is 4. The molecule has 0 spiro atoms. The molecule has 0 aliphatic heterocycles. The molecule has 7 heteroatoms. The normalized spacial score (nSPS) is 13.1. The van der Waals surface area contributed by atoms with Gasteiger partial charge >= 0.3 is 5.69 Å². The molecule has 0 aliphatic rings. The van der Waals surface area contributed by atoms with Crippen LogP contribution >= 0.6 is 11.6 Å². The average molecular weight is 270 g/mol. The van der Waals surface area contributed by atoms with Crippen LogP contribution in [0.3, 0.4) is 0 Å². The predicted molar refractivity (Wildman–Crippen MR) is 71.2 cm³/mol. The maximum Gasteiger partial charge on any atom is 0.364 e. The van der Waals surface area contributed by atoms with Crippen LogP contribution in [-0.4, -0.2) is 31.7 Å². The van der Waals surface area contributed by atoms with Gasteiger partial charge in [-0.25, -0.2) is 9.89 Å². The molecule has 0 saturated carbocycles. The second-order valence-corrected chi connectivity index (χ2v) is 4.95. The van der Waals surface area contributed by atoms with E-state index in [1.165, 1.54) is 4.52 Å². The minimum Gasteiger partial charge on any atom is -0.365 e. The molecule has 2 aromatic heterocycles. The molecule has 0 aromatic carbocycles. The summed E-state index contributed by atoms with van der Waals surface area (Å²) in [5.41, 5.74) is 0.150. The van der Waals surface area contributed by atoms with Crippen molar-refractivity contribution in [1.29, 1.82) is 0 Å². The highest BCUT2D eigenvalue weighted by atomic mass is 35.5. The van der Waals surface area contributed by atoms with Crippen molar-refractivity contribution in [2.75, 3.05) is 11.2 Å². The number of nitrogens with zero attached hydrogens (tertiary/aromatic N) is 3. The molecule has 6 nitrogen and oxygen atoms in total. The van der Waals surface area contributed by atoms with Crippen LogP contribution in [0.2, 0.25) is 0 Å². The highest BCUT2D eigenvalue weighted by molar-refractivity contribution is 6.18. The number of hydrogen-bond donors (Lipinski definition) is 2. The Morgan fingerprint density at radius 2 is 2.28 bits per heavy atom. The number of rotatable bonds is 5. The molecule has 2 aromatic rings. The standard InChI is InChI=1S/C11H16ClN5O/c1-7(2)5-8(6-12)13-9-3-4-10-14-15-11(18)17(10)16-9/h3-4,7-8H,5-6H2,1-2H3,(H,13,16)(H,15,18). The lowest BCUT2D eigenvalue weighted by Gasteiger charge is -2.18. The van der Waals surface area contributed by atoms with E-state index in [0.29, 0.717) is 23.3 Å². The Labute approximate surface area is 109 Å². The van der Waals surface area contributed by atoms with Crippen molar-refractivity contribution in [2.45, 2.75) is 26.3 Å². The number of nitrogens with one attached hydrogen (secondary N) is 2. The molecule has 2 rings (SSSR count). The van der Waals surface area contributed by atoms with Gasteiger partial charge in [0, 0.05) is 11.9 Å². The summed E-state index contributed by atoms with van der Waals surface area (Å²) in [4.78, 5) is 11.4. The number of anilines is 1. The summed E-state index contributed by atoms with van der Waals surface area (Å²) in [7, 11) is 0. The molecular weight excluding hydrogens is 254 g/mol. The molecule has 1 atom stereocenters. The zero-order valence-corrected chi connectivity index (χ0v) is 11.1. The van der Waals surface area contributed by atoms with Gasteiger partial charge in [0.2, 0.25) is 0 Å². The van der Waals surface area contributed by atoms with Crippen LogP contribution in [0.25, 0.3) is 5.65 Å². The Balaban J connectivity index is 2.20. The van der Waals surface area contributed by atoms with E-state index in [0.717, 1.165) is 6.42 Å². The molecule has 18 heavy (non-hydrogen) atoms. The van der Waals surface area contributed by atoms with Crippen LogP contribution in [0.1, 0.15) is 20.3 Å². The molecule has 2 heterocycles. The number of H-pyrrole nitrogens is 1. The summed E-state index contributed by atoms with van der Waals surface area (Å²) >= 11 is 5.91. The molecule has 0 saturated heterocycles. The zero-order valence-electron chi connectivity index (χ0n) is 10.4. The van der Waals surface area contributed by atoms with Gasteiger partial charge in [0.15, 0.2) is 5.65 Å². The Bertz CT molecular complexity index is 576. The third-order valence-corrected chi connectivity index (χ3v) is 2.94. The molecule has 98 valence electrons. The van der Waals surface area contributed by atoms with Crippen molar-refractivity contribution in [2.24, 2.45) is 5.92 Å². The first kappa shape index (κ1) is 12.9. The number of halogens is 1. The van der Waals surface area contributed by atoms with Gasteiger partial charge in [0.1, 0.15) is 5.82 Å². The molecule has 0 amide bonds. The fraction of sp³-hybridized carbons (Fsp3) is 0.545. The molecular formula is C11H16ClN5O. The zero-order chi connectivity index (χ0) is 13.1. The van der Waals surface area contributed by atoms with Crippen LogP contribution in [0.5, 0.6) is 0 Å². The molecule has 0 bridgehead atoms. The monoisotopic (exact) mass is 269 g/mol. The second kappa shape index (κ2) is 5.39. The fourth-order valence-corrected chi connectivity index (χ4v) is 2.02.